The Morgan fingerprint density at radius 1 is 1.26 bits per heavy atom. The van der Waals surface area contributed by atoms with Crippen LogP contribution in [0, 0.1) is 6.92 Å². The van der Waals surface area contributed by atoms with Gasteiger partial charge in [0, 0.05) is 23.5 Å². The Morgan fingerprint density at radius 2 is 2.00 bits per heavy atom. The maximum absolute atomic E-state index is 12.2. The average Bonchev–Trinajstić information content (AvgIpc) is 2.98. The molecule has 0 bridgehead atoms. The van der Waals surface area contributed by atoms with Crippen molar-refractivity contribution < 1.29 is 9.53 Å². The van der Waals surface area contributed by atoms with E-state index < -0.39 is 0 Å². The van der Waals surface area contributed by atoms with Crippen molar-refractivity contribution in [1.82, 2.24) is 14.0 Å². The summed E-state index contributed by atoms with van der Waals surface area (Å²) in [6.45, 7) is 3.87. The molecule has 3 aromatic rings. The maximum Gasteiger partial charge on any atom is 0.326 e. The van der Waals surface area contributed by atoms with Crippen molar-refractivity contribution >= 4 is 11.7 Å². The van der Waals surface area contributed by atoms with Gasteiger partial charge in [-0.3, -0.25) is 14.0 Å². The van der Waals surface area contributed by atoms with Gasteiger partial charge in [-0.2, -0.15) is 0 Å². The molecule has 0 unspecified atom stereocenters. The number of aryl methyl sites for hydroxylation is 1. The van der Waals surface area contributed by atoms with Gasteiger partial charge in [0.2, 0.25) is 5.78 Å². The Bertz CT molecular complexity index is 910. The molecule has 23 heavy (non-hydrogen) atoms. The minimum absolute atomic E-state index is 0.0225. The monoisotopic (exact) mass is 311 g/mol. The van der Waals surface area contributed by atoms with Gasteiger partial charge in [0.1, 0.15) is 6.54 Å². The van der Waals surface area contributed by atoms with Gasteiger partial charge in [0.25, 0.3) is 5.56 Å². The zero-order valence-corrected chi connectivity index (χ0v) is 13.0. The van der Waals surface area contributed by atoms with Crippen LogP contribution < -0.4 is 5.56 Å². The number of carbonyl (C=O) groups excluding carboxylic acids is 1. The number of rotatable bonds is 4. The van der Waals surface area contributed by atoms with E-state index >= 15 is 0 Å². The molecule has 0 saturated carbocycles. The fraction of sp³-hybridized carbons (Fsp3) is 0.235. The van der Waals surface area contributed by atoms with Crippen molar-refractivity contribution in [2.24, 2.45) is 0 Å². The number of imidazole rings is 1. The standard InChI is InChI=1S/C17H17N3O3/c1-3-23-16(22)11-19-12(2)9-15(21)20-10-14(18-17(19)20)13-7-5-4-6-8-13/h4-10H,3,11H2,1-2H3. The molecule has 2 aromatic heterocycles. The van der Waals surface area contributed by atoms with Crippen LogP contribution in [0.25, 0.3) is 17.0 Å². The Hall–Kier alpha value is -2.89. The molecule has 0 radical (unpaired) electrons. The fourth-order valence-electron chi connectivity index (χ4n) is 2.49. The van der Waals surface area contributed by atoms with Crippen molar-refractivity contribution in [2.75, 3.05) is 6.61 Å². The van der Waals surface area contributed by atoms with E-state index in [1.807, 2.05) is 30.3 Å². The molecule has 6 nitrogen and oxygen atoms in total. The van der Waals surface area contributed by atoms with Crippen LogP contribution in [0.2, 0.25) is 0 Å². The van der Waals surface area contributed by atoms with Gasteiger partial charge in [-0.1, -0.05) is 30.3 Å². The van der Waals surface area contributed by atoms with Crippen molar-refractivity contribution in [2.45, 2.75) is 20.4 Å². The molecular formula is C17H17N3O3. The zero-order chi connectivity index (χ0) is 16.4. The Morgan fingerprint density at radius 3 is 2.70 bits per heavy atom. The molecule has 3 rings (SSSR count). The van der Waals surface area contributed by atoms with E-state index in [0.29, 0.717) is 23.8 Å². The molecule has 1 aromatic carbocycles. The lowest BCUT2D eigenvalue weighted by Gasteiger charge is -2.10. The van der Waals surface area contributed by atoms with Crippen LogP contribution in [0.1, 0.15) is 12.6 Å². The van der Waals surface area contributed by atoms with Crippen LogP contribution in [0.15, 0.2) is 47.4 Å². The summed E-state index contributed by atoms with van der Waals surface area (Å²) in [4.78, 5) is 28.5. The first-order valence-corrected chi connectivity index (χ1v) is 7.40. The summed E-state index contributed by atoms with van der Waals surface area (Å²) < 4.78 is 8.14. The normalized spacial score (nSPS) is 10.9. The van der Waals surface area contributed by atoms with E-state index in [4.69, 9.17) is 4.74 Å². The number of nitrogens with zero attached hydrogens (tertiary/aromatic N) is 3. The number of fused-ring (bicyclic) bond motifs is 1. The second kappa shape index (κ2) is 6.08. The SMILES string of the molecule is CCOC(=O)Cn1c(C)cc(=O)n2cc(-c3ccccc3)nc12. The first kappa shape index (κ1) is 15.0. The highest BCUT2D eigenvalue weighted by atomic mass is 16.5. The highest BCUT2D eigenvalue weighted by molar-refractivity contribution is 5.70. The molecule has 0 aliphatic carbocycles. The van der Waals surface area contributed by atoms with Crippen molar-refractivity contribution in [3.63, 3.8) is 0 Å². The van der Waals surface area contributed by atoms with E-state index in [1.54, 1.807) is 24.6 Å². The van der Waals surface area contributed by atoms with Crippen LogP contribution >= 0.6 is 0 Å². The molecule has 118 valence electrons. The van der Waals surface area contributed by atoms with E-state index in [9.17, 15) is 9.59 Å². The van der Waals surface area contributed by atoms with Gasteiger partial charge >= 0.3 is 5.97 Å². The summed E-state index contributed by atoms with van der Waals surface area (Å²) in [5.74, 6) is 0.0762. The molecule has 0 aliphatic rings. The molecule has 6 heteroatoms. The topological polar surface area (TPSA) is 65.6 Å². The second-order valence-electron chi connectivity index (χ2n) is 5.18. The van der Waals surface area contributed by atoms with E-state index in [1.165, 1.54) is 10.5 Å². The third-order valence-electron chi connectivity index (χ3n) is 3.59. The van der Waals surface area contributed by atoms with Gasteiger partial charge in [-0.25, -0.2) is 4.98 Å². The fourth-order valence-corrected chi connectivity index (χ4v) is 2.49. The summed E-state index contributed by atoms with van der Waals surface area (Å²) in [5.41, 5.74) is 2.09. The van der Waals surface area contributed by atoms with Crippen LogP contribution in [0.5, 0.6) is 0 Å². The predicted molar refractivity (Wildman–Crippen MR) is 86.3 cm³/mol. The minimum atomic E-state index is -0.356. The lowest BCUT2D eigenvalue weighted by atomic mass is 10.2. The van der Waals surface area contributed by atoms with E-state index in [-0.39, 0.29) is 18.1 Å². The van der Waals surface area contributed by atoms with Crippen LogP contribution in [-0.2, 0) is 16.1 Å². The largest absolute Gasteiger partial charge is 0.465 e. The first-order valence-electron chi connectivity index (χ1n) is 7.40. The van der Waals surface area contributed by atoms with E-state index in [2.05, 4.69) is 4.98 Å². The molecule has 0 N–H and O–H groups in total. The number of carbonyl (C=O) groups is 1. The maximum atomic E-state index is 12.2. The smallest absolute Gasteiger partial charge is 0.326 e. The molecule has 0 fully saturated rings. The first-order chi connectivity index (χ1) is 11.1. The Labute approximate surface area is 133 Å². The van der Waals surface area contributed by atoms with Gasteiger partial charge in [-0.05, 0) is 13.8 Å². The summed E-state index contributed by atoms with van der Waals surface area (Å²) in [7, 11) is 0. The quantitative estimate of drug-likeness (QED) is 0.692. The number of ether oxygens (including phenoxy) is 1. The van der Waals surface area contributed by atoms with Gasteiger partial charge < -0.3 is 9.30 Å². The summed E-state index contributed by atoms with van der Waals surface area (Å²) in [6, 6.07) is 11.1. The highest BCUT2D eigenvalue weighted by Crippen LogP contribution is 2.18. The third kappa shape index (κ3) is 2.88. The van der Waals surface area contributed by atoms with Gasteiger partial charge in [0.15, 0.2) is 0 Å². The summed E-state index contributed by atoms with van der Waals surface area (Å²) in [5, 5.41) is 0. The van der Waals surface area contributed by atoms with Crippen molar-refractivity contribution in [3.8, 4) is 11.3 Å². The van der Waals surface area contributed by atoms with Crippen LogP contribution in [-0.4, -0.2) is 26.5 Å². The number of benzene rings is 1. The molecule has 0 amide bonds. The molecule has 0 spiro atoms. The molecule has 0 saturated heterocycles. The Balaban J connectivity index is 2.15. The lowest BCUT2D eigenvalue weighted by molar-refractivity contribution is -0.143. The lowest BCUT2D eigenvalue weighted by Crippen LogP contribution is -2.22. The number of aromatic nitrogens is 3. The number of hydrogen-bond acceptors (Lipinski definition) is 4. The second-order valence-corrected chi connectivity index (χ2v) is 5.18. The molecular weight excluding hydrogens is 294 g/mol. The van der Waals surface area contributed by atoms with Gasteiger partial charge in [-0.15, -0.1) is 0 Å². The molecule has 2 heterocycles. The van der Waals surface area contributed by atoms with E-state index in [0.717, 1.165) is 5.56 Å². The number of hydrogen-bond donors (Lipinski definition) is 0. The van der Waals surface area contributed by atoms with Crippen LogP contribution in [0.3, 0.4) is 0 Å². The molecule has 0 atom stereocenters. The zero-order valence-electron chi connectivity index (χ0n) is 13.0. The Kier molecular flexibility index (Phi) is 3.97. The average molecular weight is 311 g/mol. The van der Waals surface area contributed by atoms with Crippen LogP contribution in [0.4, 0.5) is 0 Å². The third-order valence-corrected chi connectivity index (χ3v) is 3.59. The minimum Gasteiger partial charge on any atom is -0.465 e. The van der Waals surface area contributed by atoms with Gasteiger partial charge in [0.05, 0.1) is 12.3 Å². The predicted octanol–water partition coefficient (Wildman–Crippen LogP) is 2.03. The van der Waals surface area contributed by atoms with Crippen molar-refractivity contribution in [3.05, 3.63) is 58.6 Å². The highest BCUT2D eigenvalue weighted by Gasteiger charge is 2.14. The summed E-state index contributed by atoms with van der Waals surface area (Å²) in [6.07, 6.45) is 1.69. The molecule has 0 aliphatic heterocycles. The number of esters is 1. The van der Waals surface area contributed by atoms with Crippen molar-refractivity contribution in [1.29, 1.82) is 0 Å². The summed E-state index contributed by atoms with van der Waals surface area (Å²) >= 11 is 0.